The highest BCUT2D eigenvalue weighted by Crippen LogP contribution is 2.21. The van der Waals surface area contributed by atoms with Crippen LogP contribution in [-0.2, 0) is 10.0 Å². The molecule has 2 N–H and O–H groups in total. The first-order chi connectivity index (χ1) is 13.2. The number of amides is 1. The second kappa shape index (κ2) is 9.71. The van der Waals surface area contributed by atoms with Gasteiger partial charge in [-0.3, -0.25) is 14.4 Å². The molecule has 0 saturated heterocycles. The third-order valence-electron chi connectivity index (χ3n) is 4.61. The van der Waals surface area contributed by atoms with E-state index in [1.807, 2.05) is 25.1 Å². The van der Waals surface area contributed by atoms with Gasteiger partial charge in [0.1, 0.15) is 0 Å². The highest BCUT2D eigenvalue weighted by atomic mass is 32.2. The highest BCUT2D eigenvalue weighted by Gasteiger charge is 2.20. The number of carbonyl (C=O) groups is 1. The van der Waals surface area contributed by atoms with Gasteiger partial charge in [-0.1, -0.05) is 55.8 Å². The van der Waals surface area contributed by atoms with Gasteiger partial charge in [0.25, 0.3) is 5.91 Å². The average Bonchev–Trinajstić information content (AvgIpc) is 2.66. The zero-order chi connectivity index (χ0) is 20.7. The second-order valence-electron chi connectivity index (χ2n) is 6.78. The average molecular weight is 404 g/mol. The van der Waals surface area contributed by atoms with Crippen LogP contribution in [0.25, 0.3) is 0 Å². The van der Waals surface area contributed by atoms with Crippen LogP contribution < -0.4 is 10.0 Å². The molecule has 0 aliphatic heterocycles. The molecule has 0 spiro atoms. The van der Waals surface area contributed by atoms with Gasteiger partial charge in [0.2, 0.25) is 10.0 Å². The van der Waals surface area contributed by atoms with Crippen LogP contribution in [0.1, 0.15) is 41.4 Å². The minimum absolute atomic E-state index is 0.0382. The summed E-state index contributed by atoms with van der Waals surface area (Å²) in [5, 5.41) is 2.98. The third kappa shape index (κ3) is 6.07. The van der Waals surface area contributed by atoms with Crippen LogP contribution in [0.2, 0.25) is 0 Å². The molecule has 1 unspecified atom stereocenters. The van der Waals surface area contributed by atoms with Crippen LogP contribution in [0.4, 0.5) is 5.69 Å². The van der Waals surface area contributed by atoms with Crippen molar-refractivity contribution in [2.75, 3.05) is 30.6 Å². The maximum absolute atomic E-state index is 12.9. The van der Waals surface area contributed by atoms with Crippen LogP contribution >= 0.6 is 0 Å². The van der Waals surface area contributed by atoms with E-state index in [-0.39, 0.29) is 17.6 Å². The van der Waals surface area contributed by atoms with Crippen molar-refractivity contribution in [3.8, 4) is 0 Å². The number of sulfonamides is 1. The molecule has 2 aromatic carbocycles. The first kappa shape index (κ1) is 21.9. The van der Waals surface area contributed by atoms with Gasteiger partial charge in [0.05, 0.1) is 23.5 Å². The molecule has 28 heavy (non-hydrogen) atoms. The molecule has 0 aromatic heterocycles. The molecule has 2 aromatic rings. The van der Waals surface area contributed by atoms with Gasteiger partial charge in [0, 0.05) is 6.54 Å². The molecular weight excluding hydrogens is 374 g/mol. The number of hydrogen-bond acceptors (Lipinski definition) is 4. The number of likely N-dealkylation sites (N-methyl/N-ethyl adjacent to an activating group) is 1. The van der Waals surface area contributed by atoms with Gasteiger partial charge in [-0.25, -0.2) is 8.42 Å². The monoisotopic (exact) mass is 403 g/mol. The molecule has 7 heteroatoms. The second-order valence-corrected chi connectivity index (χ2v) is 8.53. The largest absolute Gasteiger partial charge is 0.350 e. The minimum atomic E-state index is -3.48. The number of hydrogen-bond donors (Lipinski definition) is 2. The van der Waals surface area contributed by atoms with Crippen LogP contribution in [-0.4, -0.2) is 45.1 Å². The SMILES string of the molecule is CCN(CC)C(CNC(=O)c1cc(C)ccc1NS(C)(=O)=O)c1ccccc1. The summed E-state index contributed by atoms with van der Waals surface area (Å²) < 4.78 is 25.7. The number of anilines is 1. The minimum Gasteiger partial charge on any atom is -0.350 e. The summed E-state index contributed by atoms with van der Waals surface area (Å²) in [6.07, 6.45) is 1.07. The van der Waals surface area contributed by atoms with Gasteiger partial charge in [-0.15, -0.1) is 0 Å². The molecule has 0 bridgehead atoms. The lowest BCUT2D eigenvalue weighted by Crippen LogP contribution is -2.38. The summed E-state index contributed by atoms with van der Waals surface area (Å²) in [7, 11) is -3.48. The zero-order valence-corrected chi connectivity index (χ0v) is 17.7. The number of rotatable bonds is 9. The van der Waals surface area contributed by atoms with Crippen molar-refractivity contribution in [1.82, 2.24) is 10.2 Å². The first-order valence-corrected chi connectivity index (χ1v) is 11.3. The van der Waals surface area contributed by atoms with Crippen molar-refractivity contribution in [3.63, 3.8) is 0 Å². The normalized spacial score (nSPS) is 12.6. The predicted octanol–water partition coefficient (Wildman–Crippen LogP) is 3.18. The molecule has 152 valence electrons. The van der Waals surface area contributed by atoms with E-state index >= 15 is 0 Å². The van der Waals surface area contributed by atoms with Gasteiger partial charge >= 0.3 is 0 Å². The van der Waals surface area contributed by atoms with Crippen molar-refractivity contribution in [1.29, 1.82) is 0 Å². The summed E-state index contributed by atoms with van der Waals surface area (Å²) >= 11 is 0. The lowest BCUT2D eigenvalue weighted by atomic mass is 10.0. The molecular formula is C21H29N3O3S. The van der Waals surface area contributed by atoms with Gasteiger partial charge in [0.15, 0.2) is 0 Å². The van der Waals surface area contributed by atoms with E-state index in [9.17, 15) is 13.2 Å². The lowest BCUT2D eigenvalue weighted by molar-refractivity contribution is 0.0935. The van der Waals surface area contributed by atoms with Crippen molar-refractivity contribution in [2.24, 2.45) is 0 Å². The summed E-state index contributed by atoms with van der Waals surface area (Å²) in [6.45, 7) is 8.20. The Morgan fingerprint density at radius 3 is 2.29 bits per heavy atom. The molecule has 1 amide bonds. The van der Waals surface area contributed by atoms with Crippen molar-refractivity contribution < 1.29 is 13.2 Å². The van der Waals surface area contributed by atoms with Crippen molar-refractivity contribution >= 4 is 21.6 Å². The summed E-state index contributed by atoms with van der Waals surface area (Å²) in [4.78, 5) is 15.2. The fourth-order valence-corrected chi connectivity index (χ4v) is 3.79. The molecule has 1 atom stereocenters. The quantitative estimate of drug-likeness (QED) is 0.674. The molecule has 0 heterocycles. The zero-order valence-electron chi connectivity index (χ0n) is 16.9. The van der Waals surface area contributed by atoms with E-state index in [1.165, 1.54) is 0 Å². The molecule has 0 saturated carbocycles. The van der Waals surface area contributed by atoms with Gasteiger partial charge < -0.3 is 5.32 Å². The maximum Gasteiger partial charge on any atom is 0.253 e. The smallest absolute Gasteiger partial charge is 0.253 e. The standard InChI is InChI=1S/C21H29N3O3S/c1-5-24(6-2)20(17-10-8-7-9-11-17)15-22-21(25)18-14-16(3)12-13-19(18)23-28(4,26)27/h7-14,20,23H,5-6,15H2,1-4H3,(H,22,25). The third-order valence-corrected chi connectivity index (χ3v) is 5.20. The number of nitrogens with one attached hydrogen (secondary N) is 2. The van der Waals surface area contributed by atoms with E-state index in [1.54, 1.807) is 18.2 Å². The Hall–Kier alpha value is -2.38. The molecule has 0 radical (unpaired) electrons. The number of aryl methyl sites for hydroxylation is 1. The summed E-state index contributed by atoms with van der Waals surface area (Å²) in [5.74, 6) is -0.303. The van der Waals surface area contributed by atoms with Gasteiger partial charge in [-0.05, 0) is 37.7 Å². The first-order valence-electron chi connectivity index (χ1n) is 9.40. The van der Waals surface area contributed by atoms with E-state index in [0.29, 0.717) is 12.1 Å². The Morgan fingerprint density at radius 1 is 1.07 bits per heavy atom. The summed E-state index contributed by atoms with van der Waals surface area (Å²) in [6, 6.07) is 15.2. The van der Waals surface area contributed by atoms with E-state index in [0.717, 1.165) is 30.5 Å². The number of benzene rings is 2. The predicted molar refractivity (Wildman–Crippen MR) is 114 cm³/mol. The topological polar surface area (TPSA) is 78.5 Å². The number of carbonyl (C=O) groups excluding carboxylic acids is 1. The number of nitrogens with zero attached hydrogens (tertiary/aromatic N) is 1. The Bertz CT molecular complexity index is 894. The highest BCUT2D eigenvalue weighted by molar-refractivity contribution is 7.92. The Kier molecular flexibility index (Phi) is 7.60. The van der Waals surface area contributed by atoms with E-state index in [4.69, 9.17) is 0 Å². The fraction of sp³-hybridized carbons (Fsp3) is 0.381. The Morgan fingerprint density at radius 2 is 1.71 bits per heavy atom. The Labute approximate surface area is 168 Å². The molecule has 0 fully saturated rings. The van der Waals surface area contributed by atoms with E-state index in [2.05, 4.69) is 40.9 Å². The van der Waals surface area contributed by atoms with Crippen LogP contribution in [0.15, 0.2) is 48.5 Å². The van der Waals surface area contributed by atoms with Crippen molar-refractivity contribution in [3.05, 3.63) is 65.2 Å². The lowest BCUT2D eigenvalue weighted by Gasteiger charge is -2.30. The molecule has 0 aliphatic carbocycles. The fourth-order valence-electron chi connectivity index (χ4n) is 3.22. The molecule has 2 rings (SSSR count). The maximum atomic E-state index is 12.9. The van der Waals surface area contributed by atoms with Crippen molar-refractivity contribution in [2.45, 2.75) is 26.8 Å². The summed E-state index contributed by atoms with van der Waals surface area (Å²) in [5.41, 5.74) is 2.61. The van der Waals surface area contributed by atoms with Crippen LogP contribution in [0, 0.1) is 6.92 Å². The molecule has 6 nitrogen and oxygen atoms in total. The van der Waals surface area contributed by atoms with Crippen LogP contribution in [0.5, 0.6) is 0 Å². The molecule has 0 aliphatic rings. The Balaban J connectivity index is 2.24. The van der Waals surface area contributed by atoms with Crippen LogP contribution in [0.3, 0.4) is 0 Å². The van der Waals surface area contributed by atoms with E-state index < -0.39 is 10.0 Å². The van der Waals surface area contributed by atoms with Gasteiger partial charge in [-0.2, -0.15) is 0 Å².